The Balaban J connectivity index is 1.31. The Labute approximate surface area is 302 Å². The molecule has 0 amide bonds. The van der Waals surface area contributed by atoms with E-state index < -0.39 is 0 Å². The smallest absolute Gasteiger partial charge is 0.235 e. The van der Waals surface area contributed by atoms with E-state index in [1.165, 1.54) is 16.2 Å². The number of para-hydroxylation sites is 3. The van der Waals surface area contributed by atoms with Crippen LogP contribution in [-0.2, 0) is 0 Å². The maximum Gasteiger partial charge on any atom is 0.235 e. The van der Waals surface area contributed by atoms with E-state index in [0.29, 0.717) is 5.95 Å². The summed E-state index contributed by atoms with van der Waals surface area (Å²) in [5.41, 5.74) is 10.0. The van der Waals surface area contributed by atoms with Crippen LogP contribution in [0.15, 0.2) is 174 Å². The third kappa shape index (κ3) is 3.96. The second-order valence-corrected chi connectivity index (χ2v) is 13.8. The van der Waals surface area contributed by atoms with Crippen molar-refractivity contribution < 1.29 is 4.42 Å². The Morgan fingerprint density at radius 3 is 2.00 bits per heavy atom. The van der Waals surface area contributed by atoms with Crippen molar-refractivity contribution >= 4 is 87.2 Å². The molecule has 0 bridgehead atoms. The van der Waals surface area contributed by atoms with E-state index in [1.807, 2.05) is 18.2 Å². The lowest BCUT2D eigenvalue weighted by molar-refractivity contribution is 0.669. The van der Waals surface area contributed by atoms with Gasteiger partial charge in [0.1, 0.15) is 11.2 Å². The molecule has 53 heavy (non-hydrogen) atoms. The first kappa shape index (κ1) is 28.5. The van der Waals surface area contributed by atoms with Crippen LogP contribution in [0.4, 0.5) is 0 Å². The summed E-state index contributed by atoms with van der Waals surface area (Å²) in [6.45, 7) is 0. The molecule has 5 heteroatoms. The van der Waals surface area contributed by atoms with Crippen LogP contribution in [0.2, 0.25) is 0 Å². The molecule has 0 unspecified atom stereocenters. The summed E-state index contributed by atoms with van der Waals surface area (Å²) < 4.78 is 11.2. The first-order valence-corrected chi connectivity index (χ1v) is 17.9. The molecule has 0 aliphatic rings. The molecule has 0 saturated heterocycles. The standard InChI is InChI=1S/C48H28N4O/c1-2-13-30(14-3-1)45-35-16-6-9-19-38(35)49-48(50-45)52-46-33(34-25-27-42-44(47(34)52)37-18-8-11-21-41(37)53-42)24-26-40-43(46)36-17-7-10-20-39(36)51(40)32-23-22-29-12-4-5-15-31(29)28-32/h1-28H. The third-order valence-electron chi connectivity index (χ3n) is 10.9. The molecule has 5 nitrogen and oxygen atoms in total. The lowest BCUT2D eigenvalue weighted by atomic mass is 10.1. The molecule has 0 atom stereocenters. The highest BCUT2D eigenvalue weighted by Crippen LogP contribution is 2.45. The summed E-state index contributed by atoms with van der Waals surface area (Å²) in [5, 5.41) is 10.1. The van der Waals surface area contributed by atoms with Gasteiger partial charge in [-0.05, 0) is 59.3 Å². The van der Waals surface area contributed by atoms with Gasteiger partial charge in [0.05, 0.1) is 38.7 Å². The molecule has 246 valence electrons. The molecule has 4 aromatic heterocycles. The van der Waals surface area contributed by atoms with Gasteiger partial charge in [-0.2, -0.15) is 0 Å². The lowest BCUT2D eigenvalue weighted by Gasteiger charge is -2.13. The van der Waals surface area contributed by atoms with Crippen LogP contribution in [0.5, 0.6) is 0 Å². The molecule has 0 aliphatic carbocycles. The second-order valence-electron chi connectivity index (χ2n) is 13.8. The fourth-order valence-electron chi connectivity index (χ4n) is 8.63. The van der Waals surface area contributed by atoms with Gasteiger partial charge in [0.15, 0.2) is 0 Å². The summed E-state index contributed by atoms with van der Waals surface area (Å²) in [7, 11) is 0. The van der Waals surface area contributed by atoms with Crippen molar-refractivity contribution in [1.29, 1.82) is 0 Å². The van der Waals surface area contributed by atoms with E-state index in [0.717, 1.165) is 88.0 Å². The van der Waals surface area contributed by atoms with E-state index in [4.69, 9.17) is 14.4 Å². The van der Waals surface area contributed by atoms with Crippen LogP contribution in [0, 0.1) is 0 Å². The average molecular weight is 677 g/mol. The van der Waals surface area contributed by atoms with Crippen molar-refractivity contribution in [2.45, 2.75) is 0 Å². The number of hydrogen-bond donors (Lipinski definition) is 0. The number of fused-ring (bicyclic) bond motifs is 13. The van der Waals surface area contributed by atoms with Gasteiger partial charge in [-0.25, -0.2) is 9.97 Å². The predicted octanol–water partition coefficient (Wildman–Crippen LogP) is 12.5. The summed E-state index contributed by atoms with van der Waals surface area (Å²) in [6.07, 6.45) is 0. The molecule has 12 aromatic rings. The van der Waals surface area contributed by atoms with Crippen molar-refractivity contribution in [3.8, 4) is 22.9 Å². The van der Waals surface area contributed by atoms with Gasteiger partial charge in [0, 0.05) is 43.6 Å². The second kappa shape index (κ2) is 10.6. The summed E-state index contributed by atoms with van der Waals surface area (Å²) in [5.74, 6) is 0.621. The molecule has 8 aromatic carbocycles. The van der Waals surface area contributed by atoms with Gasteiger partial charge in [0.2, 0.25) is 5.95 Å². The maximum atomic E-state index is 6.51. The number of hydrogen-bond acceptors (Lipinski definition) is 3. The zero-order valence-corrected chi connectivity index (χ0v) is 28.4. The number of benzene rings is 8. The normalized spacial score (nSPS) is 12.2. The van der Waals surface area contributed by atoms with Gasteiger partial charge in [-0.1, -0.05) is 121 Å². The van der Waals surface area contributed by atoms with E-state index in [2.05, 4.69) is 161 Å². The Morgan fingerprint density at radius 2 is 1.11 bits per heavy atom. The topological polar surface area (TPSA) is 48.8 Å². The predicted molar refractivity (Wildman–Crippen MR) is 218 cm³/mol. The van der Waals surface area contributed by atoms with Crippen molar-refractivity contribution in [3.63, 3.8) is 0 Å². The Hall–Kier alpha value is -7.24. The number of furan rings is 1. The number of nitrogens with zero attached hydrogens (tertiary/aromatic N) is 4. The first-order valence-electron chi connectivity index (χ1n) is 17.9. The SMILES string of the molecule is c1ccc(-c2nc(-n3c4c(ccc5oc6ccccc6c54)c4ccc5c(c6ccccc6n5-c5ccc6ccccc6c5)c43)nc3ccccc23)cc1. The summed E-state index contributed by atoms with van der Waals surface area (Å²) in [6, 6.07) is 60.0. The van der Waals surface area contributed by atoms with Crippen molar-refractivity contribution in [2.24, 2.45) is 0 Å². The highest BCUT2D eigenvalue weighted by Gasteiger charge is 2.25. The zero-order chi connectivity index (χ0) is 34.6. The fourth-order valence-corrected chi connectivity index (χ4v) is 8.63. The van der Waals surface area contributed by atoms with E-state index >= 15 is 0 Å². The zero-order valence-electron chi connectivity index (χ0n) is 28.4. The van der Waals surface area contributed by atoms with Crippen LogP contribution in [0.1, 0.15) is 0 Å². The quantitative estimate of drug-likeness (QED) is 0.187. The largest absolute Gasteiger partial charge is 0.456 e. The fraction of sp³-hybridized carbons (Fsp3) is 0. The van der Waals surface area contributed by atoms with E-state index in [9.17, 15) is 0 Å². The third-order valence-corrected chi connectivity index (χ3v) is 10.9. The van der Waals surface area contributed by atoms with Crippen LogP contribution in [-0.4, -0.2) is 19.1 Å². The first-order chi connectivity index (χ1) is 26.3. The maximum absolute atomic E-state index is 6.51. The molecule has 0 radical (unpaired) electrons. The molecule has 0 N–H and O–H groups in total. The molecular weight excluding hydrogens is 649 g/mol. The lowest BCUT2D eigenvalue weighted by Crippen LogP contribution is -2.04. The van der Waals surface area contributed by atoms with Gasteiger partial charge in [-0.3, -0.25) is 4.57 Å². The van der Waals surface area contributed by atoms with Crippen LogP contribution in [0.3, 0.4) is 0 Å². The van der Waals surface area contributed by atoms with Crippen LogP contribution in [0.25, 0.3) is 110 Å². The molecule has 0 aliphatic heterocycles. The van der Waals surface area contributed by atoms with Crippen LogP contribution < -0.4 is 0 Å². The van der Waals surface area contributed by atoms with Gasteiger partial charge in [0.25, 0.3) is 0 Å². The van der Waals surface area contributed by atoms with Gasteiger partial charge < -0.3 is 8.98 Å². The highest BCUT2D eigenvalue weighted by molar-refractivity contribution is 6.30. The molecule has 12 rings (SSSR count). The molecule has 0 spiro atoms. The number of aromatic nitrogens is 4. The molecular formula is C48H28N4O. The monoisotopic (exact) mass is 676 g/mol. The van der Waals surface area contributed by atoms with E-state index in [-0.39, 0.29) is 0 Å². The van der Waals surface area contributed by atoms with Gasteiger partial charge in [-0.15, -0.1) is 0 Å². The van der Waals surface area contributed by atoms with Gasteiger partial charge >= 0.3 is 0 Å². The molecule has 0 fully saturated rings. The van der Waals surface area contributed by atoms with Crippen molar-refractivity contribution in [1.82, 2.24) is 19.1 Å². The average Bonchev–Trinajstić information content (AvgIpc) is 3.88. The highest BCUT2D eigenvalue weighted by atomic mass is 16.3. The minimum atomic E-state index is 0.621. The summed E-state index contributed by atoms with van der Waals surface area (Å²) >= 11 is 0. The minimum Gasteiger partial charge on any atom is -0.456 e. The molecule has 4 heterocycles. The van der Waals surface area contributed by atoms with E-state index in [1.54, 1.807) is 0 Å². The molecule has 0 saturated carbocycles. The summed E-state index contributed by atoms with van der Waals surface area (Å²) in [4.78, 5) is 10.9. The van der Waals surface area contributed by atoms with Crippen molar-refractivity contribution in [3.05, 3.63) is 170 Å². The Bertz CT molecular complexity index is 3460. The Kier molecular flexibility index (Phi) is 5.71. The number of rotatable bonds is 3. The van der Waals surface area contributed by atoms with Crippen LogP contribution >= 0.6 is 0 Å². The Morgan fingerprint density at radius 1 is 0.415 bits per heavy atom. The minimum absolute atomic E-state index is 0.621. The van der Waals surface area contributed by atoms with Crippen molar-refractivity contribution in [2.75, 3.05) is 0 Å².